The van der Waals surface area contributed by atoms with Crippen LogP contribution in [-0.4, -0.2) is 32.5 Å². The first-order chi connectivity index (χ1) is 13.2. The molecule has 0 aromatic heterocycles. The van der Waals surface area contributed by atoms with Gasteiger partial charge in [0, 0.05) is 31.6 Å². The smallest absolute Gasteiger partial charge is 0.231 e. The van der Waals surface area contributed by atoms with E-state index in [9.17, 15) is 4.79 Å². The molecule has 1 N–H and O–H groups in total. The van der Waals surface area contributed by atoms with Crippen molar-refractivity contribution in [3.63, 3.8) is 0 Å². The van der Waals surface area contributed by atoms with Crippen LogP contribution in [0.25, 0.3) is 0 Å². The van der Waals surface area contributed by atoms with Crippen molar-refractivity contribution in [1.82, 2.24) is 5.32 Å². The van der Waals surface area contributed by atoms with E-state index in [0.717, 1.165) is 49.4 Å². The summed E-state index contributed by atoms with van der Waals surface area (Å²) in [4.78, 5) is 12.7. The molecule has 1 amide bonds. The predicted octanol–water partition coefficient (Wildman–Crippen LogP) is 3.41. The summed E-state index contributed by atoms with van der Waals surface area (Å²) >= 11 is 0. The molecule has 2 aliphatic heterocycles. The van der Waals surface area contributed by atoms with Crippen molar-refractivity contribution in [2.24, 2.45) is 17.8 Å². The molecule has 2 heterocycles. The molecule has 2 aliphatic carbocycles. The van der Waals surface area contributed by atoms with Gasteiger partial charge in [-0.3, -0.25) is 4.79 Å². The maximum atomic E-state index is 12.7. The summed E-state index contributed by atoms with van der Waals surface area (Å²) < 4.78 is 16.6. The summed E-state index contributed by atoms with van der Waals surface area (Å²) in [7, 11) is 0. The summed E-state index contributed by atoms with van der Waals surface area (Å²) in [6, 6.07) is 6.21. The molecule has 4 aliphatic rings. The van der Waals surface area contributed by atoms with Crippen LogP contribution in [0, 0.1) is 17.8 Å². The number of nitrogens with one attached hydrogen (secondary N) is 1. The molecule has 0 spiro atoms. The molecule has 2 bridgehead atoms. The number of benzene rings is 1. The van der Waals surface area contributed by atoms with E-state index in [-0.39, 0.29) is 18.1 Å². The summed E-state index contributed by atoms with van der Waals surface area (Å²) in [6.07, 6.45) is 7.88. The van der Waals surface area contributed by atoms with E-state index < -0.39 is 0 Å². The van der Waals surface area contributed by atoms with E-state index in [4.69, 9.17) is 14.2 Å². The van der Waals surface area contributed by atoms with Crippen LogP contribution >= 0.6 is 0 Å². The van der Waals surface area contributed by atoms with Crippen LogP contribution in [0.4, 0.5) is 0 Å². The number of carbonyl (C=O) groups is 1. The third-order valence-electron chi connectivity index (χ3n) is 7.39. The van der Waals surface area contributed by atoms with Gasteiger partial charge in [-0.05, 0) is 67.6 Å². The normalized spacial score (nSPS) is 30.4. The Morgan fingerprint density at radius 3 is 2.74 bits per heavy atom. The number of amides is 1. The lowest BCUT2D eigenvalue weighted by Crippen LogP contribution is -2.45. The van der Waals surface area contributed by atoms with Gasteiger partial charge in [0.05, 0.1) is 0 Å². The Hall–Kier alpha value is -1.75. The minimum atomic E-state index is -0.0798. The monoisotopic (exact) mass is 371 g/mol. The molecule has 1 aromatic rings. The van der Waals surface area contributed by atoms with Crippen LogP contribution in [0.3, 0.4) is 0 Å². The van der Waals surface area contributed by atoms with Gasteiger partial charge in [0.25, 0.3) is 0 Å². The van der Waals surface area contributed by atoms with Gasteiger partial charge in [-0.1, -0.05) is 12.5 Å². The maximum absolute atomic E-state index is 12.7. The van der Waals surface area contributed by atoms with Crippen molar-refractivity contribution in [2.45, 2.75) is 50.4 Å². The molecule has 1 saturated heterocycles. The van der Waals surface area contributed by atoms with Crippen molar-refractivity contribution in [2.75, 3.05) is 26.6 Å². The molecule has 3 fully saturated rings. The summed E-state index contributed by atoms with van der Waals surface area (Å²) in [5.74, 6) is 4.14. The van der Waals surface area contributed by atoms with Gasteiger partial charge < -0.3 is 19.5 Å². The first-order valence-corrected chi connectivity index (χ1v) is 10.5. The summed E-state index contributed by atoms with van der Waals surface area (Å²) in [5, 5.41) is 3.28. The molecule has 146 valence electrons. The van der Waals surface area contributed by atoms with E-state index in [2.05, 4.69) is 17.4 Å². The average molecular weight is 371 g/mol. The summed E-state index contributed by atoms with van der Waals surface area (Å²) in [6.45, 7) is 2.43. The van der Waals surface area contributed by atoms with E-state index in [0.29, 0.717) is 18.9 Å². The van der Waals surface area contributed by atoms with E-state index in [1.165, 1.54) is 31.2 Å². The fourth-order valence-electron chi connectivity index (χ4n) is 5.76. The molecule has 0 unspecified atom stereocenters. The van der Waals surface area contributed by atoms with E-state index in [1.807, 2.05) is 6.07 Å². The molecule has 5 rings (SSSR count). The second-order valence-electron chi connectivity index (χ2n) is 8.88. The van der Waals surface area contributed by atoms with Crippen LogP contribution in [0.1, 0.15) is 50.5 Å². The number of fused-ring (bicyclic) bond motifs is 3. The lowest BCUT2D eigenvalue weighted by atomic mass is 9.74. The molecule has 27 heavy (non-hydrogen) atoms. The molecule has 5 nitrogen and oxygen atoms in total. The topological polar surface area (TPSA) is 56.8 Å². The van der Waals surface area contributed by atoms with E-state index >= 15 is 0 Å². The fraction of sp³-hybridized carbons (Fsp3) is 0.682. The predicted molar refractivity (Wildman–Crippen MR) is 101 cm³/mol. The fourth-order valence-corrected chi connectivity index (χ4v) is 5.76. The minimum Gasteiger partial charge on any atom is -0.454 e. The Morgan fingerprint density at radius 1 is 1.11 bits per heavy atom. The Kier molecular flexibility index (Phi) is 4.50. The number of hydrogen-bond donors (Lipinski definition) is 1. The van der Waals surface area contributed by atoms with Crippen LogP contribution < -0.4 is 14.8 Å². The SMILES string of the molecule is O=C(C[C@H]1C[C@H]2CC[C@H]1C2)NCC1(c2ccc3c(c2)OCO3)CCOCC1. The third-order valence-corrected chi connectivity index (χ3v) is 7.39. The van der Waals surface area contributed by atoms with Gasteiger partial charge in [-0.2, -0.15) is 0 Å². The quantitative estimate of drug-likeness (QED) is 0.862. The number of hydrogen-bond acceptors (Lipinski definition) is 4. The first-order valence-electron chi connectivity index (χ1n) is 10.5. The highest BCUT2D eigenvalue weighted by molar-refractivity contribution is 5.76. The van der Waals surface area contributed by atoms with Gasteiger partial charge in [0.2, 0.25) is 12.7 Å². The van der Waals surface area contributed by atoms with Gasteiger partial charge in [-0.15, -0.1) is 0 Å². The molecule has 0 radical (unpaired) electrons. The lowest BCUT2D eigenvalue weighted by Gasteiger charge is -2.38. The second kappa shape index (κ2) is 7.01. The molecular weight excluding hydrogens is 342 g/mol. The zero-order chi connectivity index (χ0) is 18.3. The molecule has 2 saturated carbocycles. The second-order valence-corrected chi connectivity index (χ2v) is 8.88. The van der Waals surface area contributed by atoms with Gasteiger partial charge >= 0.3 is 0 Å². The van der Waals surface area contributed by atoms with Crippen LogP contribution in [0.15, 0.2) is 18.2 Å². The lowest BCUT2D eigenvalue weighted by molar-refractivity contribution is -0.122. The Bertz CT molecular complexity index is 712. The van der Waals surface area contributed by atoms with Crippen molar-refractivity contribution < 1.29 is 19.0 Å². The Morgan fingerprint density at radius 2 is 1.96 bits per heavy atom. The van der Waals surface area contributed by atoms with Crippen molar-refractivity contribution in [1.29, 1.82) is 0 Å². The van der Waals surface area contributed by atoms with Crippen LogP contribution in [-0.2, 0) is 14.9 Å². The van der Waals surface area contributed by atoms with Crippen molar-refractivity contribution in [3.8, 4) is 11.5 Å². The molecular formula is C22H29NO4. The van der Waals surface area contributed by atoms with Crippen molar-refractivity contribution >= 4 is 5.91 Å². The van der Waals surface area contributed by atoms with Crippen LogP contribution in [0.2, 0.25) is 0 Å². The standard InChI is InChI=1S/C22H29NO4/c24-21(11-17-10-15-1-2-16(17)9-15)23-13-22(5-7-25-8-6-22)18-3-4-19-20(12-18)27-14-26-19/h3-4,12,15-17H,1-2,5-11,13-14H2,(H,23,24)/t15-,16-,17+/m0/s1. The molecule has 3 atom stereocenters. The Balaban J connectivity index is 1.27. The summed E-state index contributed by atoms with van der Waals surface area (Å²) in [5.41, 5.74) is 1.14. The van der Waals surface area contributed by atoms with Crippen molar-refractivity contribution in [3.05, 3.63) is 23.8 Å². The van der Waals surface area contributed by atoms with Gasteiger partial charge in [-0.25, -0.2) is 0 Å². The highest BCUT2D eigenvalue weighted by Gasteiger charge is 2.41. The average Bonchev–Trinajstić information content (AvgIpc) is 3.43. The zero-order valence-corrected chi connectivity index (χ0v) is 15.9. The molecule has 5 heteroatoms. The van der Waals surface area contributed by atoms with E-state index in [1.54, 1.807) is 0 Å². The largest absolute Gasteiger partial charge is 0.454 e. The van der Waals surface area contributed by atoms with Gasteiger partial charge in [0.15, 0.2) is 11.5 Å². The zero-order valence-electron chi connectivity index (χ0n) is 15.9. The first kappa shape index (κ1) is 17.4. The van der Waals surface area contributed by atoms with Crippen LogP contribution in [0.5, 0.6) is 11.5 Å². The minimum absolute atomic E-state index is 0.0798. The third kappa shape index (κ3) is 3.31. The Labute approximate surface area is 160 Å². The highest BCUT2D eigenvalue weighted by Crippen LogP contribution is 2.49. The number of rotatable bonds is 5. The highest BCUT2D eigenvalue weighted by atomic mass is 16.7. The molecule has 1 aromatic carbocycles. The number of carbonyl (C=O) groups excluding carboxylic acids is 1. The van der Waals surface area contributed by atoms with Gasteiger partial charge in [0.1, 0.15) is 0 Å². The maximum Gasteiger partial charge on any atom is 0.231 e. The number of ether oxygens (including phenoxy) is 3.